The molecular weight excluding hydrogens is 290 g/mol. The first-order valence-corrected chi connectivity index (χ1v) is 6.23. The van der Waals surface area contributed by atoms with Crippen molar-refractivity contribution in [2.24, 2.45) is 5.73 Å². The van der Waals surface area contributed by atoms with Crippen molar-refractivity contribution in [1.29, 1.82) is 0 Å². The molecule has 6 N–H and O–H groups in total. The molecule has 2 amide bonds. The highest BCUT2D eigenvalue weighted by Gasteiger charge is 2.18. The molecule has 0 saturated heterocycles. The molecule has 0 heterocycles. The van der Waals surface area contributed by atoms with E-state index in [-0.39, 0.29) is 24.6 Å². The fourth-order valence-corrected chi connectivity index (χ4v) is 1.03. The first-order valence-electron chi connectivity index (χ1n) is 5.60. The van der Waals surface area contributed by atoms with Gasteiger partial charge in [0.25, 0.3) is 0 Å². The Hall–Kier alpha value is -1.81. The predicted molar refractivity (Wildman–Crippen MR) is 73.4 cm³/mol. The summed E-state index contributed by atoms with van der Waals surface area (Å²) in [4.78, 5) is 41.7. The third kappa shape index (κ3) is 12.6. The van der Waals surface area contributed by atoms with Gasteiger partial charge in [-0.05, 0) is 0 Å². The van der Waals surface area contributed by atoms with Gasteiger partial charge in [0.05, 0.1) is 6.54 Å². The standard InChI is InChI=1S/C8H14N2O4S.C2H5NO2/c1-2-6(11)10-5(4-15)8(14)9-3-7(12)13;3-1-2(4)5/h5,15H,2-4H2,1H3,(H,9,14)(H,10,11)(H,12,13);1,3H2,(H,4,5). The summed E-state index contributed by atoms with van der Waals surface area (Å²) in [6.07, 6.45) is 0.260. The van der Waals surface area contributed by atoms with E-state index in [1.165, 1.54) is 0 Å². The Bertz CT molecular complexity index is 350. The van der Waals surface area contributed by atoms with Crippen LogP contribution in [0.5, 0.6) is 0 Å². The lowest BCUT2D eigenvalue weighted by Crippen LogP contribution is -2.48. The van der Waals surface area contributed by atoms with Gasteiger partial charge in [-0.1, -0.05) is 6.92 Å². The largest absolute Gasteiger partial charge is 0.480 e. The molecule has 1 unspecified atom stereocenters. The highest BCUT2D eigenvalue weighted by molar-refractivity contribution is 7.80. The third-order valence-electron chi connectivity index (χ3n) is 1.74. The summed E-state index contributed by atoms with van der Waals surface area (Å²) in [5.41, 5.74) is 4.57. The van der Waals surface area contributed by atoms with Crippen LogP contribution in [0.15, 0.2) is 0 Å². The second-order valence-electron chi connectivity index (χ2n) is 3.37. The molecule has 9 nitrogen and oxygen atoms in total. The van der Waals surface area contributed by atoms with Gasteiger partial charge in [-0.25, -0.2) is 0 Å². The third-order valence-corrected chi connectivity index (χ3v) is 2.11. The number of aliphatic carboxylic acids is 2. The summed E-state index contributed by atoms with van der Waals surface area (Å²) < 4.78 is 0. The number of hydrogen-bond donors (Lipinski definition) is 6. The molecule has 0 aliphatic rings. The minimum atomic E-state index is -1.14. The van der Waals surface area contributed by atoms with Crippen molar-refractivity contribution >= 4 is 36.4 Å². The number of nitrogens with one attached hydrogen (secondary N) is 2. The fraction of sp³-hybridized carbons (Fsp3) is 0.600. The van der Waals surface area contributed by atoms with Crippen LogP contribution in [0.2, 0.25) is 0 Å². The monoisotopic (exact) mass is 309 g/mol. The average molecular weight is 309 g/mol. The lowest BCUT2D eigenvalue weighted by Gasteiger charge is -2.14. The summed E-state index contributed by atoms with van der Waals surface area (Å²) in [5, 5.41) is 20.5. The molecular formula is C10H19N3O6S. The van der Waals surface area contributed by atoms with Gasteiger partial charge in [0.15, 0.2) is 0 Å². The summed E-state index contributed by atoms with van der Waals surface area (Å²) in [6.45, 7) is 0.908. The Morgan fingerprint density at radius 3 is 2.00 bits per heavy atom. The minimum Gasteiger partial charge on any atom is -0.480 e. The van der Waals surface area contributed by atoms with Gasteiger partial charge >= 0.3 is 11.9 Å². The van der Waals surface area contributed by atoms with E-state index in [1.807, 2.05) is 0 Å². The number of carbonyl (C=O) groups excluding carboxylic acids is 2. The summed E-state index contributed by atoms with van der Waals surface area (Å²) in [6, 6.07) is -0.792. The predicted octanol–water partition coefficient (Wildman–Crippen LogP) is -1.96. The van der Waals surface area contributed by atoms with Crippen molar-refractivity contribution < 1.29 is 29.4 Å². The Kier molecular flexibility index (Phi) is 12.5. The van der Waals surface area contributed by atoms with Crippen molar-refractivity contribution in [3.05, 3.63) is 0 Å². The molecule has 0 aliphatic carbocycles. The Labute approximate surface area is 121 Å². The van der Waals surface area contributed by atoms with Crippen LogP contribution in [-0.2, 0) is 19.2 Å². The van der Waals surface area contributed by atoms with Gasteiger partial charge in [-0.2, -0.15) is 12.6 Å². The smallest absolute Gasteiger partial charge is 0.322 e. The molecule has 0 aromatic carbocycles. The van der Waals surface area contributed by atoms with Gasteiger partial charge in [0.1, 0.15) is 12.6 Å². The molecule has 116 valence electrons. The van der Waals surface area contributed by atoms with Gasteiger partial charge < -0.3 is 26.6 Å². The highest BCUT2D eigenvalue weighted by Crippen LogP contribution is 1.90. The lowest BCUT2D eigenvalue weighted by molar-refractivity contribution is -0.138. The van der Waals surface area contributed by atoms with Crippen molar-refractivity contribution in [3.63, 3.8) is 0 Å². The highest BCUT2D eigenvalue weighted by atomic mass is 32.1. The number of rotatable bonds is 7. The maximum absolute atomic E-state index is 11.3. The van der Waals surface area contributed by atoms with Crippen LogP contribution in [-0.4, -0.2) is 58.9 Å². The van der Waals surface area contributed by atoms with E-state index in [0.29, 0.717) is 0 Å². The normalized spacial score (nSPS) is 10.6. The van der Waals surface area contributed by atoms with Gasteiger partial charge in [-0.15, -0.1) is 0 Å². The second-order valence-corrected chi connectivity index (χ2v) is 3.73. The van der Waals surface area contributed by atoms with Crippen molar-refractivity contribution in [2.45, 2.75) is 19.4 Å². The molecule has 0 saturated carbocycles. The summed E-state index contributed by atoms with van der Waals surface area (Å²) in [7, 11) is 0. The molecule has 0 aromatic heterocycles. The number of carboxylic acids is 2. The van der Waals surface area contributed by atoms with E-state index in [2.05, 4.69) is 29.0 Å². The quantitative estimate of drug-likeness (QED) is 0.298. The van der Waals surface area contributed by atoms with E-state index in [1.54, 1.807) is 6.92 Å². The number of hydrogen-bond acceptors (Lipinski definition) is 6. The lowest BCUT2D eigenvalue weighted by atomic mass is 10.3. The summed E-state index contributed by atoms with van der Waals surface area (Å²) >= 11 is 3.89. The zero-order chi connectivity index (χ0) is 16.1. The van der Waals surface area contributed by atoms with E-state index in [9.17, 15) is 19.2 Å². The van der Waals surface area contributed by atoms with Gasteiger partial charge in [-0.3, -0.25) is 19.2 Å². The molecule has 0 aliphatic heterocycles. The zero-order valence-electron chi connectivity index (χ0n) is 11.0. The second kappa shape index (κ2) is 12.2. The number of amides is 2. The van der Waals surface area contributed by atoms with Crippen molar-refractivity contribution in [2.75, 3.05) is 18.8 Å². The first kappa shape index (κ1) is 20.5. The number of nitrogens with two attached hydrogens (primary N) is 1. The minimum absolute atomic E-state index is 0.122. The first-order chi connectivity index (χ1) is 9.28. The molecule has 0 fully saturated rings. The maximum Gasteiger partial charge on any atom is 0.322 e. The molecule has 1 atom stereocenters. The Balaban J connectivity index is 0. The number of carboxylic acid groups (broad SMARTS) is 2. The van der Waals surface area contributed by atoms with Crippen LogP contribution in [0.1, 0.15) is 13.3 Å². The fourth-order valence-electron chi connectivity index (χ4n) is 0.776. The molecule has 20 heavy (non-hydrogen) atoms. The van der Waals surface area contributed by atoms with Gasteiger partial charge in [0, 0.05) is 12.2 Å². The molecule has 0 radical (unpaired) electrons. The van der Waals surface area contributed by atoms with E-state index < -0.39 is 30.4 Å². The molecule has 10 heteroatoms. The Morgan fingerprint density at radius 1 is 1.20 bits per heavy atom. The van der Waals surface area contributed by atoms with Crippen LogP contribution < -0.4 is 16.4 Å². The van der Waals surface area contributed by atoms with E-state index >= 15 is 0 Å². The van der Waals surface area contributed by atoms with Crippen LogP contribution >= 0.6 is 12.6 Å². The van der Waals surface area contributed by atoms with Crippen LogP contribution in [0, 0.1) is 0 Å². The summed E-state index contributed by atoms with van der Waals surface area (Å²) in [5.74, 6) is -2.81. The van der Waals surface area contributed by atoms with Crippen LogP contribution in [0.3, 0.4) is 0 Å². The van der Waals surface area contributed by atoms with Crippen molar-refractivity contribution in [1.82, 2.24) is 10.6 Å². The zero-order valence-corrected chi connectivity index (χ0v) is 11.9. The molecule has 0 bridgehead atoms. The molecule has 0 aromatic rings. The van der Waals surface area contributed by atoms with E-state index in [0.717, 1.165) is 0 Å². The van der Waals surface area contributed by atoms with Crippen molar-refractivity contribution in [3.8, 4) is 0 Å². The topological polar surface area (TPSA) is 159 Å². The molecule has 0 rings (SSSR count). The Morgan fingerprint density at radius 2 is 1.70 bits per heavy atom. The average Bonchev–Trinajstić information content (AvgIpc) is 2.42. The maximum atomic E-state index is 11.3. The SMILES string of the molecule is CCC(=O)NC(CS)C(=O)NCC(=O)O.NCC(=O)O. The van der Waals surface area contributed by atoms with E-state index in [4.69, 9.17) is 10.2 Å². The number of thiol groups is 1. The van der Waals surface area contributed by atoms with Gasteiger partial charge in [0.2, 0.25) is 11.8 Å². The van der Waals surface area contributed by atoms with Crippen LogP contribution in [0.4, 0.5) is 0 Å². The van der Waals surface area contributed by atoms with Crippen LogP contribution in [0.25, 0.3) is 0 Å². The number of carbonyl (C=O) groups is 4. The molecule has 0 spiro atoms.